The molecule has 2 atom stereocenters. The van der Waals surface area contributed by atoms with Crippen LogP contribution in [0, 0.1) is 11.3 Å². The minimum absolute atomic E-state index is 0.317. The molecule has 0 aliphatic rings. The van der Waals surface area contributed by atoms with Crippen LogP contribution in [0.3, 0.4) is 0 Å². The molecular formula is C14H22N2OS. The van der Waals surface area contributed by atoms with Gasteiger partial charge in [-0.05, 0) is 39.3 Å². The second-order valence-electron chi connectivity index (χ2n) is 5.15. The minimum atomic E-state index is -0.455. The Bertz CT molecular complexity index is 383. The van der Waals surface area contributed by atoms with E-state index >= 15 is 0 Å². The van der Waals surface area contributed by atoms with Crippen molar-refractivity contribution < 1.29 is 4.42 Å². The van der Waals surface area contributed by atoms with E-state index in [4.69, 9.17) is 4.42 Å². The van der Waals surface area contributed by atoms with Crippen LogP contribution in [0.25, 0.3) is 0 Å². The molecule has 1 heterocycles. The van der Waals surface area contributed by atoms with E-state index in [0.29, 0.717) is 11.3 Å². The first kappa shape index (κ1) is 15.1. The van der Waals surface area contributed by atoms with Gasteiger partial charge in [0.15, 0.2) is 0 Å². The van der Waals surface area contributed by atoms with Gasteiger partial charge in [-0.2, -0.15) is 17.0 Å². The summed E-state index contributed by atoms with van der Waals surface area (Å²) in [6, 6.07) is 6.59. The number of hydrogen-bond donors (Lipinski definition) is 1. The van der Waals surface area contributed by atoms with Crippen molar-refractivity contribution in [1.29, 1.82) is 5.26 Å². The van der Waals surface area contributed by atoms with E-state index in [1.54, 1.807) is 6.26 Å². The highest BCUT2D eigenvalue weighted by atomic mass is 32.2. The Kier molecular flexibility index (Phi) is 5.77. The molecule has 0 aromatic carbocycles. The van der Waals surface area contributed by atoms with Gasteiger partial charge < -0.3 is 4.42 Å². The van der Waals surface area contributed by atoms with Crippen LogP contribution in [0.4, 0.5) is 0 Å². The maximum Gasteiger partial charge on any atom is 0.113 e. The Morgan fingerprint density at radius 2 is 2.22 bits per heavy atom. The average molecular weight is 266 g/mol. The topological polar surface area (TPSA) is 49.0 Å². The summed E-state index contributed by atoms with van der Waals surface area (Å²) >= 11 is 1.82. The summed E-state index contributed by atoms with van der Waals surface area (Å²) in [6.45, 7) is 8.26. The van der Waals surface area contributed by atoms with E-state index in [2.05, 4.69) is 32.2 Å². The Balaban J connectivity index is 2.42. The lowest BCUT2D eigenvalue weighted by Gasteiger charge is -2.28. The summed E-state index contributed by atoms with van der Waals surface area (Å²) in [5.74, 6) is 1.85. The molecule has 1 rings (SSSR count). The first-order valence-corrected chi connectivity index (χ1v) is 7.33. The van der Waals surface area contributed by atoms with E-state index in [9.17, 15) is 5.26 Å². The van der Waals surface area contributed by atoms with E-state index in [-0.39, 0.29) is 0 Å². The van der Waals surface area contributed by atoms with Gasteiger partial charge in [-0.15, -0.1) is 0 Å². The standard InChI is InChI=1S/C14H22N2OS/c1-11(2)16-14(4,10-15)8-12(3)18-9-13-6-5-7-17-13/h5-7,11-12,16H,8-9H2,1-4H3. The molecule has 0 saturated carbocycles. The summed E-state index contributed by atoms with van der Waals surface area (Å²) in [4.78, 5) is 0. The van der Waals surface area contributed by atoms with Crippen molar-refractivity contribution in [2.24, 2.45) is 0 Å². The first-order valence-electron chi connectivity index (χ1n) is 6.28. The largest absolute Gasteiger partial charge is 0.468 e. The molecule has 0 fully saturated rings. The zero-order valence-corrected chi connectivity index (χ0v) is 12.4. The number of rotatable bonds is 7. The van der Waals surface area contributed by atoms with E-state index < -0.39 is 5.54 Å². The number of furan rings is 1. The molecule has 0 saturated heterocycles. The summed E-state index contributed by atoms with van der Waals surface area (Å²) in [7, 11) is 0. The lowest BCUT2D eigenvalue weighted by atomic mass is 9.97. The quantitative estimate of drug-likeness (QED) is 0.819. The molecule has 0 aliphatic heterocycles. The molecule has 0 aliphatic carbocycles. The van der Waals surface area contributed by atoms with Crippen LogP contribution in [0.2, 0.25) is 0 Å². The maximum atomic E-state index is 9.29. The van der Waals surface area contributed by atoms with Crippen LogP contribution in [0.1, 0.15) is 39.9 Å². The molecule has 1 N–H and O–H groups in total. The fourth-order valence-electron chi connectivity index (χ4n) is 2.03. The molecule has 2 unspecified atom stereocenters. The van der Waals surface area contributed by atoms with E-state index in [1.165, 1.54) is 0 Å². The van der Waals surface area contributed by atoms with Crippen molar-refractivity contribution in [2.45, 2.75) is 56.7 Å². The monoisotopic (exact) mass is 266 g/mol. The molecule has 1 aromatic rings. The molecule has 3 nitrogen and oxygen atoms in total. The van der Waals surface area contributed by atoms with Crippen molar-refractivity contribution in [3.05, 3.63) is 24.2 Å². The number of nitrogens with one attached hydrogen (secondary N) is 1. The summed E-state index contributed by atoms with van der Waals surface area (Å²) in [5.41, 5.74) is -0.455. The molecular weight excluding hydrogens is 244 g/mol. The predicted molar refractivity (Wildman–Crippen MR) is 76.4 cm³/mol. The zero-order valence-electron chi connectivity index (χ0n) is 11.6. The van der Waals surface area contributed by atoms with Crippen molar-refractivity contribution in [1.82, 2.24) is 5.32 Å². The highest BCUT2D eigenvalue weighted by Crippen LogP contribution is 2.25. The lowest BCUT2D eigenvalue weighted by Crippen LogP contribution is -2.46. The van der Waals surface area contributed by atoms with Crippen LogP contribution in [0.5, 0.6) is 0 Å². The molecule has 100 valence electrons. The highest BCUT2D eigenvalue weighted by Gasteiger charge is 2.27. The first-order chi connectivity index (χ1) is 8.45. The fourth-order valence-corrected chi connectivity index (χ4v) is 3.09. The Morgan fingerprint density at radius 1 is 1.50 bits per heavy atom. The van der Waals surface area contributed by atoms with E-state index in [1.807, 2.05) is 30.8 Å². The van der Waals surface area contributed by atoms with Gasteiger partial charge >= 0.3 is 0 Å². The molecule has 4 heteroatoms. The van der Waals surface area contributed by atoms with Gasteiger partial charge in [-0.1, -0.05) is 6.92 Å². The minimum Gasteiger partial charge on any atom is -0.468 e. The third-order valence-electron chi connectivity index (χ3n) is 2.64. The Labute approximate surface area is 114 Å². The SMILES string of the molecule is CC(C)NC(C)(C#N)CC(C)SCc1ccco1. The molecule has 0 bridgehead atoms. The van der Waals surface area contributed by atoms with Gasteiger partial charge in [-0.25, -0.2) is 0 Å². The fraction of sp³-hybridized carbons (Fsp3) is 0.643. The van der Waals surface area contributed by atoms with Gasteiger partial charge in [0, 0.05) is 11.3 Å². The van der Waals surface area contributed by atoms with Crippen molar-refractivity contribution in [3.63, 3.8) is 0 Å². The Hall–Kier alpha value is -0.920. The molecule has 0 spiro atoms. The van der Waals surface area contributed by atoms with Gasteiger partial charge in [0.25, 0.3) is 0 Å². The number of nitriles is 1. The average Bonchev–Trinajstić information content (AvgIpc) is 2.78. The van der Waals surface area contributed by atoms with Crippen molar-refractivity contribution in [2.75, 3.05) is 0 Å². The third kappa shape index (κ3) is 5.16. The van der Waals surface area contributed by atoms with Crippen LogP contribution in [-0.4, -0.2) is 16.8 Å². The van der Waals surface area contributed by atoms with Gasteiger partial charge in [0.05, 0.1) is 18.1 Å². The Morgan fingerprint density at radius 3 is 2.72 bits per heavy atom. The van der Waals surface area contributed by atoms with Gasteiger partial charge in [-0.3, -0.25) is 5.32 Å². The smallest absolute Gasteiger partial charge is 0.113 e. The second-order valence-corrected chi connectivity index (χ2v) is 6.57. The van der Waals surface area contributed by atoms with Crippen LogP contribution in [0.15, 0.2) is 22.8 Å². The van der Waals surface area contributed by atoms with Crippen LogP contribution < -0.4 is 5.32 Å². The van der Waals surface area contributed by atoms with Gasteiger partial charge in [0.1, 0.15) is 11.3 Å². The number of thioether (sulfide) groups is 1. The molecule has 1 aromatic heterocycles. The normalized spacial score (nSPS) is 16.2. The summed E-state index contributed by atoms with van der Waals surface area (Å²) in [5, 5.41) is 13.0. The second kappa shape index (κ2) is 6.86. The highest BCUT2D eigenvalue weighted by molar-refractivity contribution is 7.99. The summed E-state index contributed by atoms with van der Waals surface area (Å²) in [6.07, 6.45) is 2.52. The zero-order chi connectivity index (χ0) is 13.6. The summed E-state index contributed by atoms with van der Waals surface area (Å²) < 4.78 is 5.30. The number of nitrogens with zero attached hydrogens (tertiary/aromatic N) is 1. The van der Waals surface area contributed by atoms with Crippen LogP contribution in [-0.2, 0) is 5.75 Å². The van der Waals surface area contributed by atoms with Gasteiger partial charge in [0.2, 0.25) is 0 Å². The molecule has 0 radical (unpaired) electrons. The van der Waals surface area contributed by atoms with Crippen molar-refractivity contribution in [3.8, 4) is 6.07 Å². The van der Waals surface area contributed by atoms with Crippen LogP contribution >= 0.6 is 11.8 Å². The third-order valence-corrected chi connectivity index (χ3v) is 3.83. The van der Waals surface area contributed by atoms with E-state index in [0.717, 1.165) is 17.9 Å². The molecule has 18 heavy (non-hydrogen) atoms. The lowest BCUT2D eigenvalue weighted by molar-refractivity contribution is 0.382. The molecule has 0 amide bonds. The number of hydrogen-bond acceptors (Lipinski definition) is 4. The van der Waals surface area contributed by atoms with Crippen molar-refractivity contribution >= 4 is 11.8 Å². The predicted octanol–water partition coefficient (Wildman–Crippen LogP) is 3.57. The maximum absolute atomic E-state index is 9.29.